The first-order valence-corrected chi connectivity index (χ1v) is 10.6. The van der Waals surface area contributed by atoms with Gasteiger partial charge in [-0.15, -0.1) is 0 Å². The minimum atomic E-state index is -4.14. The van der Waals surface area contributed by atoms with Crippen LogP contribution in [-0.2, 0) is 14.6 Å². The molecule has 7 heteroatoms. The summed E-state index contributed by atoms with van der Waals surface area (Å²) in [4.78, 5) is 13.9. The zero-order valence-corrected chi connectivity index (χ0v) is 16.6. The topological polar surface area (TPSA) is 74.7 Å². The van der Waals surface area contributed by atoms with Crippen LogP contribution in [-0.4, -0.2) is 19.4 Å². The van der Waals surface area contributed by atoms with Crippen molar-refractivity contribution >= 4 is 33.0 Å². The summed E-state index contributed by atoms with van der Waals surface area (Å²) in [5.74, 6) is -1.55. The maximum Gasteiger partial charge on any atom is 0.295 e. The van der Waals surface area contributed by atoms with Gasteiger partial charge in [0.2, 0.25) is 9.84 Å². The molecule has 0 unspecified atom stereocenters. The molecule has 1 aliphatic rings. The van der Waals surface area contributed by atoms with E-state index < -0.39 is 27.5 Å². The molecule has 0 bridgehead atoms. The number of amides is 1. The number of aliphatic hydroxyl groups is 1. The monoisotopic (exact) mass is 425 g/mol. The number of halogens is 1. The van der Waals surface area contributed by atoms with E-state index in [-0.39, 0.29) is 9.80 Å². The van der Waals surface area contributed by atoms with E-state index in [1.807, 2.05) is 0 Å². The number of carbonyl (C=O) groups is 1. The minimum Gasteiger partial charge on any atom is -0.502 e. The fourth-order valence-corrected chi connectivity index (χ4v) is 5.16. The van der Waals surface area contributed by atoms with Crippen LogP contribution in [0.15, 0.2) is 100 Å². The Labute approximate surface area is 173 Å². The number of anilines is 1. The van der Waals surface area contributed by atoms with Crippen LogP contribution in [0, 0.1) is 0 Å². The van der Waals surface area contributed by atoms with Gasteiger partial charge in [0.1, 0.15) is 10.9 Å². The number of hydrogen-bond donors (Lipinski definition) is 1. The molecule has 5 nitrogen and oxygen atoms in total. The van der Waals surface area contributed by atoms with E-state index in [2.05, 4.69) is 0 Å². The lowest BCUT2D eigenvalue weighted by Crippen LogP contribution is -2.31. The second kappa shape index (κ2) is 7.39. The SMILES string of the molecule is O=C1C(O)=C(S(=O)(=O)c2ccccc2)[C@@H](c2ccc(Cl)cc2)N1c1ccccc1. The van der Waals surface area contributed by atoms with Crippen molar-refractivity contribution in [2.45, 2.75) is 10.9 Å². The van der Waals surface area contributed by atoms with Crippen molar-refractivity contribution in [2.24, 2.45) is 0 Å². The van der Waals surface area contributed by atoms with Gasteiger partial charge in [-0.05, 0) is 42.0 Å². The normalized spacial score (nSPS) is 17.1. The number of sulfone groups is 1. The molecule has 0 aliphatic carbocycles. The van der Waals surface area contributed by atoms with Gasteiger partial charge in [-0.3, -0.25) is 9.69 Å². The number of para-hydroxylation sites is 1. The van der Waals surface area contributed by atoms with Crippen molar-refractivity contribution in [1.29, 1.82) is 0 Å². The van der Waals surface area contributed by atoms with Gasteiger partial charge in [0.05, 0.1) is 4.90 Å². The highest BCUT2D eigenvalue weighted by Gasteiger charge is 2.47. The second-order valence-electron chi connectivity index (χ2n) is 6.49. The Kier molecular flexibility index (Phi) is 4.90. The van der Waals surface area contributed by atoms with Gasteiger partial charge < -0.3 is 5.11 Å². The second-order valence-corrected chi connectivity index (χ2v) is 8.85. The summed E-state index contributed by atoms with van der Waals surface area (Å²) in [6.07, 6.45) is 0. The van der Waals surface area contributed by atoms with Crippen LogP contribution in [0.3, 0.4) is 0 Å². The Morgan fingerprint density at radius 3 is 1.97 bits per heavy atom. The van der Waals surface area contributed by atoms with Gasteiger partial charge in [-0.1, -0.05) is 60.1 Å². The van der Waals surface area contributed by atoms with Gasteiger partial charge in [-0.25, -0.2) is 8.42 Å². The van der Waals surface area contributed by atoms with Crippen molar-refractivity contribution in [3.05, 3.63) is 106 Å². The molecule has 0 radical (unpaired) electrons. The average molecular weight is 426 g/mol. The molecule has 1 aliphatic heterocycles. The summed E-state index contributed by atoms with van der Waals surface area (Å²) in [5.41, 5.74) is 0.993. The first-order chi connectivity index (χ1) is 13.9. The lowest BCUT2D eigenvalue weighted by atomic mass is 10.1. The van der Waals surface area contributed by atoms with Gasteiger partial charge in [-0.2, -0.15) is 0 Å². The number of rotatable bonds is 4. The van der Waals surface area contributed by atoms with E-state index in [1.165, 1.54) is 17.0 Å². The molecule has 0 saturated heterocycles. The Balaban J connectivity index is 1.95. The predicted molar refractivity (Wildman–Crippen MR) is 111 cm³/mol. The summed E-state index contributed by atoms with van der Waals surface area (Å²) in [5, 5.41) is 11.1. The summed E-state index contributed by atoms with van der Waals surface area (Å²) >= 11 is 5.99. The fraction of sp³-hybridized carbons (Fsp3) is 0.0455. The molecule has 1 N–H and O–H groups in total. The van der Waals surface area contributed by atoms with Gasteiger partial charge in [0, 0.05) is 10.7 Å². The van der Waals surface area contributed by atoms with Crippen molar-refractivity contribution in [1.82, 2.24) is 0 Å². The number of hydrogen-bond acceptors (Lipinski definition) is 4. The zero-order valence-electron chi connectivity index (χ0n) is 15.1. The van der Waals surface area contributed by atoms with Crippen LogP contribution in [0.4, 0.5) is 5.69 Å². The van der Waals surface area contributed by atoms with Crippen LogP contribution < -0.4 is 4.90 Å². The molecule has 0 spiro atoms. The minimum absolute atomic E-state index is 0.00299. The molecule has 1 atom stereocenters. The van der Waals surface area contributed by atoms with E-state index >= 15 is 0 Å². The number of aliphatic hydroxyl groups excluding tert-OH is 1. The first kappa shape index (κ1) is 19.2. The largest absolute Gasteiger partial charge is 0.502 e. The van der Waals surface area contributed by atoms with E-state index in [0.29, 0.717) is 16.3 Å². The van der Waals surface area contributed by atoms with Crippen LogP contribution in [0.5, 0.6) is 0 Å². The smallest absolute Gasteiger partial charge is 0.295 e. The van der Waals surface area contributed by atoms with Crippen molar-refractivity contribution in [3.8, 4) is 0 Å². The molecule has 4 rings (SSSR count). The third-order valence-corrected chi connectivity index (χ3v) is 6.86. The summed E-state index contributed by atoms with van der Waals surface area (Å²) in [6.45, 7) is 0. The lowest BCUT2D eigenvalue weighted by Gasteiger charge is -2.27. The Bertz CT molecular complexity index is 1190. The van der Waals surface area contributed by atoms with Gasteiger partial charge in [0.15, 0.2) is 5.76 Å². The van der Waals surface area contributed by atoms with Gasteiger partial charge in [0.25, 0.3) is 5.91 Å². The predicted octanol–water partition coefficient (Wildman–Crippen LogP) is 4.67. The van der Waals surface area contributed by atoms with E-state index in [4.69, 9.17) is 11.6 Å². The van der Waals surface area contributed by atoms with Crippen LogP contribution in [0.1, 0.15) is 11.6 Å². The molecule has 1 amide bonds. The third kappa shape index (κ3) is 3.30. The molecule has 0 fully saturated rings. The van der Waals surface area contributed by atoms with Gasteiger partial charge >= 0.3 is 0 Å². The molecule has 146 valence electrons. The number of benzene rings is 3. The standard InChI is InChI=1S/C22H16ClNO4S/c23-16-13-11-15(12-14-16)19-21(29(27,28)18-9-5-2-6-10-18)20(25)22(26)24(19)17-7-3-1-4-8-17/h1-14,19,25H/t19-/m1/s1. The van der Waals surface area contributed by atoms with E-state index in [1.54, 1.807) is 72.8 Å². The highest BCUT2D eigenvalue weighted by atomic mass is 35.5. The molecule has 3 aromatic rings. The highest BCUT2D eigenvalue weighted by Crippen LogP contribution is 2.44. The summed E-state index contributed by atoms with van der Waals surface area (Å²) in [6, 6.07) is 21.9. The molecule has 0 saturated carbocycles. The number of nitrogens with zero attached hydrogens (tertiary/aromatic N) is 1. The lowest BCUT2D eigenvalue weighted by molar-refractivity contribution is -0.117. The van der Waals surface area contributed by atoms with Crippen molar-refractivity contribution < 1.29 is 18.3 Å². The third-order valence-electron chi connectivity index (χ3n) is 4.72. The number of carbonyl (C=O) groups excluding carboxylic acids is 1. The average Bonchev–Trinajstić information content (AvgIpc) is 3.01. The molecule has 3 aromatic carbocycles. The quantitative estimate of drug-likeness (QED) is 0.659. The summed E-state index contributed by atoms with van der Waals surface area (Å²) in [7, 11) is -4.14. The first-order valence-electron chi connectivity index (χ1n) is 8.78. The van der Waals surface area contributed by atoms with Crippen molar-refractivity contribution in [2.75, 3.05) is 4.90 Å². The van der Waals surface area contributed by atoms with Crippen molar-refractivity contribution in [3.63, 3.8) is 0 Å². The van der Waals surface area contributed by atoms with Crippen LogP contribution in [0.25, 0.3) is 0 Å². The molecular formula is C22H16ClNO4S. The Hall–Kier alpha value is -3.09. The molecule has 29 heavy (non-hydrogen) atoms. The van der Waals surface area contributed by atoms with Crippen LogP contribution in [0.2, 0.25) is 5.02 Å². The molecule has 0 aromatic heterocycles. The maximum atomic E-state index is 13.4. The van der Waals surface area contributed by atoms with E-state index in [0.717, 1.165) is 0 Å². The fourth-order valence-electron chi connectivity index (χ4n) is 3.38. The Morgan fingerprint density at radius 2 is 1.38 bits per heavy atom. The maximum absolute atomic E-state index is 13.4. The molecular weight excluding hydrogens is 410 g/mol. The zero-order chi connectivity index (χ0) is 20.6. The summed E-state index contributed by atoms with van der Waals surface area (Å²) < 4.78 is 26.8. The highest BCUT2D eigenvalue weighted by molar-refractivity contribution is 7.95. The Morgan fingerprint density at radius 1 is 0.828 bits per heavy atom. The molecule has 1 heterocycles. The van der Waals surface area contributed by atoms with E-state index in [9.17, 15) is 18.3 Å². The van der Waals surface area contributed by atoms with Crippen LogP contribution >= 0.6 is 11.6 Å².